The van der Waals surface area contributed by atoms with Crippen molar-refractivity contribution in [2.45, 2.75) is 13.8 Å². The van der Waals surface area contributed by atoms with Crippen LogP contribution in [-0.2, 0) is 0 Å². The van der Waals surface area contributed by atoms with Gasteiger partial charge in [-0.1, -0.05) is 0 Å². The van der Waals surface area contributed by atoms with Gasteiger partial charge >= 0.3 is 0 Å². The Labute approximate surface area is 103 Å². The lowest BCUT2D eigenvalue weighted by Gasteiger charge is -2.07. The number of nitrogens with zero attached hydrogens (tertiary/aromatic N) is 2. The summed E-state index contributed by atoms with van der Waals surface area (Å²) < 4.78 is 0. The molecule has 2 aromatic rings. The average Bonchev–Trinajstić information content (AvgIpc) is 2.33. The topological polar surface area (TPSA) is 87.7 Å². The Morgan fingerprint density at radius 3 is 2.61 bits per heavy atom. The number of amides is 1. The van der Waals surface area contributed by atoms with E-state index in [2.05, 4.69) is 20.5 Å². The second-order valence-electron chi connectivity index (χ2n) is 3.85. The molecule has 0 fully saturated rings. The molecule has 0 saturated heterocycles. The number of nitrogens with one attached hydrogen (secondary N) is 2. The number of aryl methyl sites for hydroxylation is 2. The van der Waals surface area contributed by atoms with Gasteiger partial charge in [0.1, 0.15) is 5.69 Å². The van der Waals surface area contributed by atoms with E-state index in [0.717, 1.165) is 11.4 Å². The van der Waals surface area contributed by atoms with Crippen LogP contribution in [0, 0.1) is 13.8 Å². The van der Waals surface area contributed by atoms with Crippen LogP contribution < -0.4 is 10.9 Å². The van der Waals surface area contributed by atoms with Crippen LogP contribution in [-0.4, -0.2) is 21.1 Å². The summed E-state index contributed by atoms with van der Waals surface area (Å²) in [6.07, 6.45) is 0. The standard InChI is InChI=1S/C12H12N4O2/c1-7-3-4-9(8(2)13-7)14-12(18)10-5-6-11(17)16-15-10/h3-6H,1-2H3,(H,14,18)(H,16,17). The van der Waals surface area contributed by atoms with Crippen molar-refractivity contribution >= 4 is 11.6 Å². The maximum absolute atomic E-state index is 11.8. The van der Waals surface area contributed by atoms with E-state index in [4.69, 9.17) is 0 Å². The molecule has 6 heteroatoms. The Kier molecular flexibility index (Phi) is 3.18. The molecule has 2 aromatic heterocycles. The number of hydrogen-bond acceptors (Lipinski definition) is 4. The highest BCUT2D eigenvalue weighted by Crippen LogP contribution is 2.13. The van der Waals surface area contributed by atoms with Crippen molar-refractivity contribution in [2.75, 3.05) is 5.32 Å². The number of aromatic amines is 1. The molecule has 0 aliphatic carbocycles. The van der Waals surface area contributed by atoms with E-state index in [0.29, 0.717) is 5.69 Å². The monoisotopic (exact) mass is 244 g/mol. The number of H-pyrrole nitrogens is 1. The van der Waals surface area contributed by atoms with E-state index in [1.807, 2.05) is 19.9 Å². The summed E-state index contributed by atoms with van der Waals surface area (Å²) in [6.45, 7) is 3.69. The fraction of sp³-hybridized carbons (Fsp3) is 0.167. The van der Waals surface area contributed by atoms with Crippen molar-refractivity contribution in [3.05, 3.63) is 51.7 Å². The fourth-order valence-corrected chi connectivity index (χ4v) is 1.48. The van der Waals surface area contributed by atoms with Gasteiger partial charge < -0.3 is 5.32 Å². The number of anilines is 1. The Bertz CT molecular complexity index is 628. The Morgan fingerprint density at radius 2 is 2.00 bits per heavy atom. The van der Waals surface area contributed by atoms with Crippen molar-refractivity contribution in [2.24, 2.45) is 0 Å². The van der Waals surface area contributed by atoms with E-state index in [-0.39, 0.29) is 17.2 Å². The molecular weight excluding hydrogens is 232 g/mol. The second-order valence-corrected chi connectivity index (χ2v) is 3.85. The maximum atomic E-state index is 11.8. The first-order valence-corrected chi connectivity index (χ1v) is 5.37. The van der Waals surface area contributed by atoms with Gasteiger partial charge in [-0.15, -0.1) is 0 Å². The number of carbonyl (C=O) groups excluding carboxylic acids is 1. The number of hydrogen-bond donors (Lipinski definition) is 2. The van der Waals surface area contributed by atoms with Gasteiger partial charge in [0.15, 0.2) is 0 Å². The number of pyridine rings is 1. The summed E-state index contributed by atoms with van der Waals surface area (Å²) in [7, 11) is 0. The highest BCUT2D eigenvalue weighted by Gasteiger charge is 2.09. The smallest absolute Gasteiger partial charge is 0.276 e. The molecule has 6 nitrogen and oxygen atoms in total. The van der Waals surface area contributed by atoms with Gasteiger partial charge in [0.05, 0.1) is 11.4 Å². The highest BCUT2D eigenvalue weighted by atomic mass is 16.2. The van der Waals surface area contributed by atoms with Gasteiger partial charge in [-0.3, -0.25) is 14.6 Å². The summed E-state index contributed by atoms with van der Waals surface area (Å²) in [5, 5.41) is 8.55. The first kappa shape index (κ1) is 12.0. The Balaban J connectivity index is 2.21. The molecule has 2 heterocycles. The van der Waals surface area contributed by atoms with Gasteiger partial charge in [-0.2, -0.15) is 5.10 Å². The molecule has 0 saturated carbocycles. The van der Waals surface area contributed by atoms with E-state index >= 15 is 0 Å². The molecular formula is C12H12N4O2. The lowest BCUT2D eigenvalue weighted by molar-refractivity contribution is 0.102. The molecule has 1 amide bonds. The first-order valence-electron chi connectivity index (χ1n) is 5.37. The number of carbonyl (C=O) groups is 1. The van der Waals surface area contributed by atoms with Crippen molar-refractivity contribution < 1.29 is 4.79 Å². The third-order valence-corrected chi connectivity index (χ3v) is 2.39. The third-order valence-electron chi connectivity index (χ3n) is 2.39. The minimum atomic E-state index is -0.389. The van der Waals surface area contributed by atoms with Crippen LogP contribution in [0.4, 0.5) is 5.69 Å². The van der Waals surface area contributed by atoms with Crippen LogP contribution >= 0.6 is 0 Å². The summed E-state index contributed by atoms with van der Waals surface area (Å²) in [4.78, 5) is 26.9. The zero-order chi connectivity index (χ0) is 13.1. The molecule has 0 aliphatic heterocycles. The van der Waals surface area contributed by atoms with Crippen LogP contribution in [0.5, 0.6) is 0 Å². The van der Waals surface area contributed by atoms with Crippen molar-refractivity contribution in [1.82, 2.24) is 15.2 Å². The van der Waals surface area contributed by atoms with E-state index in [1.165, 1.54) is 12.1 Å². The van der Waals surface area contributed by atoms with E-state index in [1.54, 1.807) is 6.07 Å². The maximum Gasteiger partial charge on any atom is 0.276 e. The quantitative estimate of drug-likeness (QED) is 0.826. The van der Waals surface area contributed by atoms with E-state index in [9.17, 15) is 9.59 Å². The summed E-state index contributed by atoms with van der Waals surface area (Å²) in [5.41, 5.74) is 2.04. The van der Waals surface area contributed by atoms with Crippen LogP contribution in [0.1, 0.15) is 21.9 Å². The number of aromatic nitrogens is 3. The average molecular weight is 244 g/mol. The highest BCUT2D eigenvalue weighted by molar-refractivity contribution is 6.02. The molecule has 0 spiro atoms. The molecule has 0 radical (unpaired) electrons. The zero-order valence-corrected chi connectivity index (χ0v) is 10.0. The minimum absolute atomic E-state index is 0.148. The Hall–Kier alpha value is -2.50. The van der Waals surface area contributed by atoms with Crippen LogP contribution in [0.25, 0.3) is 0 Å². The van der Waals surface area contributed by atoms with E-state index < -0.39 is 0 Å². The molecule has 18 heavy (non-hydrogen) atoms. The van der Waals surface area contributed by atoms with Crippen molar-refractivity contribution in [3.8, 4) is 0 Å². The number of rotatable bonds is 2. The van der Waals surface area contributed by atoms with Gasteiger partial charge in [0.2, 0.25) is 0 Å². The SMILES string of the molecule is Cc1ccc(NC(=O)c2ccc(=O)[nH]n2)c(C)n1. The molecule has 0 aromatic carbocycles. The summed E-state index contributed by atoms with van der Waals surface area (Å²) in [6, 6.07) is 6.21. The van der Waals surface area contributed by atoms with Gasteiger partial charge in [0, 0.05) is 11.8 Å². The van der Waals surface area contributed by atoms with Gasteiger partial charge in [-0.25, -0.2) is 5.10 Å². The lowest BCUT2D eigenvalue weighted by atomic mass is 10.2. The predicted molar refractivity (Wildman–Crippen MR) is 66.5 cm³/mol. The molecule has 0 bridgehead atoms. The normalized spacial score (nSPS) is 10.1. The molecule has 0 atom stereocenters. The van der Waals surface area contributed by atoms with Gasteiger partial charge in [-0.05, 0) is 32.0 Å². The third kappa shape index (κ3) is 2.60. The van der Waals surface area contributed by atoms with Crippen molar-refractivity contribution in [1.29, 1.82) is 0 Å². The first-order chi connectivity index (χ1) is 8.56. The van der Waals surface area contributed by atoms with Crippen molar-refractivity contribution in [3.63, 3.8) is 0 Å². The zero-order valence-electron chi connectivity index (χ0n) is 10.0. The second kappa shape index (κ2) is 4.79. The lowest BCUT2D eigenvalue weighted by Crippen LogP contribution is -2.18. The van der Waals surface area contributed by atoms with Crippen LogP contribution in [0.3, 0.4) is 0 Å². The molecule has 2 N–H and O–H groups in total. The van der Waals surface area contributed by atoms with Gasteiger partial charge in [0.25, 0.3) is 11.5 Å². The van der Waals surface area contributed by atoms with Crippen LogP contribution in [0.2, 0.25) is 0 Å². The largest absolute Gasteiger partial charge is 0.319 e. The predicted octanol–water partition coefficient (Wildman–Crippen LogP) is 1.03. The minimum Gasteiger partial charge on any atom is -0.319 e. The van der Waals surface area contributed by atoms with Crippen LogP contribution in [0.15, 0.2) is 29.1 Å². The summed E-state index contributed by atoms with van der Waals surface area (Å²) >= 11 is 0. The fourth-order valence-electron chi connectivity index (χ4n) is 1.48. The molecule has 2 rings (SSSR count). The Morgan fingerprint density at radius 1 is 1.22 bits per heavy atom. The molecule has 0 unspecified atom stereocenters. The molecule has 92 valence electrons. The molecule has 0 aliphatic rings. The summed E-state index contributed by atoms with van der Waals surface area (Å²) in [5.74, 6) is -0.389.